The van der Waals surface area contributed by atoms with Crippen molar-refractivity contribution >= 4 is 40.0 Å². The summed E-state index contributed by atoms with van der Waals surface area (Å²) in [6.07, 6.45) is 2.18. The number of nitrogens with one attached hydrogen (secondary N) is 1. The molecule has 6 nitrogen and oxygen atoms in total. The molecule has 0 saturated carbocycles. The average molecular weight is 423 g/mol. The molecule has 150 valence electrons. The topological polar surface area (TPSA) is 75.2 Å². The lowest BCUT2D eigenvalue weighted by atomic mass is 9.95. The van der Waals surface area contributed by atoms with Crippen molar-refractivity contribution in [1.82, 2.24) is 15.1 Å². The summed E-state index contributed by atoms with van der Waals surface area (Å²) in [7, 11) is 0. The Morgan fingerprint density at radius 2 is 2.11 bits per heavy atom. The van der Waals surface area contributed by atoms with E-state index in [1.54, 1.807) is 22.7 Å². The molecule has 9 heteroatoms. The van der Waals surface area contributed by atoms with Crippen molar-refractivity contribution in [2.45, 2.75) is 42.7 Å². The van der Waals surface area contributed by atoms with E-state index in [1.807, 2.05) is 0 Å². The maximum atomic E-state index is 13.3. The normalized spacial score (nSPS) is 16.0. The summed E-state index contributed by atoms with van der Waals surface area (Å²) < 4.78 is 14.2. The summed E-state index contributed by atoms with van der Waals surface area (Å²) in [6.45, 7) is 5.19. The molecule has 3 rings (SSSR count). The SMILES string of the molecule is CCC(C)Sc1nnc(NC(=O)C2CCN(C(=O)c3cccc(F)c3)CC2)s1. The van der Waals surface area contributed by atoms with Crippen LogP contribution >= 0.6 is 23.1 Å². The number of thioether (sulfide) groups is 1. The second-order valence-electron chi connectivity index (χ2n) is 6.78. The molecule has 0 radical (unpaired) electrons. The summed E-state index contributed by atoms with van der Waals surface area (Å²) >= 11 is 3.03. The molecule has 0 aliphatic carbocycles. The minimum absolute atomic E-state index is 0.0888. The van der Waals surface area contributed by atoms with Crippen molar-refractivity contribution in [3.8, 4) is 0 Å². The Morgan fingerprint density at radius 1 is 1.36 bits per heavy atom. The summed E-state index contributed by atoms with van der Waals surface area (Å²) in [5.74, 6) is -0.891. The van der Waals surface area contributed by atoms with Gasteiger partial charge in [-0.2, -0.15) is 0 Å². The Morgan fingerprint density at radius 3 is 2.79 bits per heavy atom. The number of carbonyl (C=O) groups excluding carboxylic acids is 2. The van der Waals surface area contributed by atoms with Crippen LogP contribution in [0.15, 0.2) is 28.6 Å². The molecule has 2 aromatic rings. The van der Waals surface area contributed by atoms with E-state index < -0.39 is 5.82 Å². The maximum Gasteiger partial charge on any atom is 0.253 e. The van der Waals surface area contributed by atoms with E-state index in [2.05, 4.69) is 29.4 Å². The zero-order chi connectivity index (χ0) is 20.1. The lowest BCUT2D eigenvalue weighted by Gasteiger charge is -2.31. The largest absolute Gasteiger partial charge is 0.339 e. The zero-order valence-corrected chi connectivity index (χ0v) is 17.5. The van der Waals surface area contributed by atoms with Gasteiger partial charge in [-0.15, -0.1) is 10.2 Å². The first-order valence-electron chi connectivity index (χ1n) is 9.32. The van der Waals surface area contributed by atoms with E-state index in [0.29, 0.717) is 41.9 Å². The smallest absolute Gasteiger partial charge is 0.253 e. The number of anilines is 1. The molecular weight excluding hydrogens is 399 g/mol. The second-order valence-corrected chi connectivity index (χ2v) is 9.44. The number of halogens is 1. The third-order valence-corrected chi connectivity index (χ3v) is 6.93. The van der Waals surface area contributed by atoms with E-state index >= 15 is 0 Å². The van der Waals surface area contributed by atoms with Crippen LogP contribution in [-0.2, 0) is 4.79 Å². The average Bonchev–Trinajstić information content (AvgIpc) is 3.14. The Labute approximate surface area is 171 Å². The molecule has 0 spiro atoms. The fourth-order valence-corrected chi connectivity index (χ4v) is 4.92. The van der Waals surface area contributed by atoms with Crippen LogP contribution in [0.3, 0.4) is 0 Å². The maximum absolute atomic E-state index is 13.3. The van der Waals surface area contributed by atoms with Crippen molar-refractivity contribution in [3.05, 3.63) is 35.6 Å². The van der Waals surface area contributed by atoms with Gasteiger partial charge >= 0.3 is 0 Å². The molecule has 1 atom stereocenters. The van der Waals surface area contributed by atoms with Gasteiger partial charge in [0.15, 0.2) is 4.34 Å². The Balaban J connectivity index is 1.50. The van der Waals surface area contributed by atoms with Crippen LogP contribution < -0.4 is 5.32 Å². The van der Waals surface area contributed by atoms with Crippen molar-refractivity contribution < 1.29 is 14.0 Å². The molecule has 28 heavy (non-hydrogen) atoms. The molecule has 1 aliphatic rings. The third-order valence-electron chi connectivity index (χ3n) is 4.74. The molecule has 0 bridgehead atoms. The summed E-state index contributed by atoms with van der Waals surface area (Å²) in [6, 6.07) is 5.69. The number of hydrogen-bond acceptors (Lipinski definition) is 6. The highest BCUT2D eigenvalue weighted by Crippen LogP contribution is 2.30. The van der Waals surface area contributed by atoms with Crippen LogP contribution in [-0.4, -0.2) is 45.3 Å². The molecule has 1 saturated heterocycles. The van der Waals surface area contributed by atoms with Gasteiger partial charge in [0.1, 0.15) is 5.82 Å². The lowest BCUT2D eigenvalue weighted by molar-refractivity contribution is -0.121. The summed E-state index contributed by atoms with van der Waals surface area (Å²) in [5.41, 5.74) is 0.336. The fourth-order valence-electron chi connectivity index (χ4n) is 2.92. The van der Waals surface area contributed by atoms with Crippen molar-refractivity contribution in [2.75, 3.05) is 18.4 Å². The van der Waals surface area contributed by atoms with Gasteiger partial charge in [-0.1, -0.05) is 43.0 Å². The van der Waals surface area contributed by atoms with Crippen LogP contribution in [0, 0.1) is 11.7 Å². The number of aromatic nitrogens is 2. The van der Waals surface area contributed by atoms with Gasteiger partial charge < -0.3 is 10.2 Å². The number of benzene rings is 1. The number of piperidine rings is 1. The van der Waals surface area contributed by atoms with E-state index in [1.165, 1.54) is 29.5 Å². The third kappa shape index (κ3) is 5.29. The van der Waals surface area contributed by atoms with Gasteiger partial charge in [-0.25, -0.2) is 4.39 Å². The molecule has 2 amide bonds. The minimum Gasteiger partial charge on any atom is -0.339 e. The van der Waals surface area contributed by atoms with Gasteiger partial charge in [0.25, 0.3) is 5.91 Å². The highest BCUT2D eigenvalue weighted by molar-refractivity contribution is 8.01. The van der Waals surface area contributed by atoms with E-state index in [9.17, 15) is 14.0 Å². The highest BCUT2D eigenvalue weighted by Gasteiger charge is 2.28. The number of carbonyl (C=O) groups is 2. The van der Waals surface area contributed by atoms with Gasteiger partial charge in [-0.05, 0) is 37.5 Å². The van der Waals surface area contributed by atoms with Crippen LogP contribution in [0.1, 0.15) is 43.5 Å². The second kappa shape index (κ2) is 9.47. The van der Waals surface area contributed by atoms with Gasteiger partial charge in [0.05, 0.1) is 0 Å². The fraction of sp³-hybridized carbons (Fsp3) is 0.474. The van der Waals surface area contributed by atoms with Crippen molar-refractivity contribution in [1.29, 1.82) is 0 Å². The van der Waals surface area contributed by atoms with Crippen LogP contribution in [0.4, 0.5) is 9.52 Å². The number of hydrogen-bond donors (Lipinski definition) is 1. The molecule has 1 fully saturated rings. The monoisotopic (exact) mass is 422 g/mol. The van der Waals surface area contributed by atoms with Gasteiger partial charge in [-0.3, -0.25) is 9.59 Å². The number of amides is 2. The number of likely N-dealkylation sites (tertiary alicyclic amines) is 1. The van der Waals surface area contributed by atoms with Crippen LogP contribution in [0.2, 0.25) is 0 Å². The predicted molar refractivity (Wildman–Crippen MR) is 109 cm³/mol. The zero-order valence-electron chi connectivity index (χ0n) is 15.9. The highest BCUT2D eigenvalue weighted by atomic mass is 32.2. The Kier molecular flexibility index (Phi) is 7.01. The first-order chi connectivity index (χ1) is 13.5. The molecule has 1 aromatic heterocycles. The van der Waals surface area contributed by atoms with Crippen molar-refractivity contribution in [2.24, 2.45) is 5.92 Å². The van der Waals surface area contributed by atoms with Crippen LogP contribution in [0.25, 0.3) is 0 Å². The molecule has 1 aliphatic heterocycles. The van der Waals surface area contributed by atoms with Crippen LogP contribution in [0.5, 0.6) is 0 Å². The molecule has 1 unspecified atom stereocenters. The van der Waals surface area contributed by atoms with Gasteiger partial charge in [0, 0.05) is 29.8 Å². The number of nitrogens with zero attached hydrogens (tertiary/aromatic N) is 3. The standard InChI is InChI=1S/C19H23FN4O2S2/c1-3-12(2)27-19-23-22-18(28-19)21-16(25)13-7-9-24(10-8-13)17(26)14-5-4-6-15(20)11-14/h4-6,11-13H,3,7-10H2,1-2H3,(H,21,22,25). The van der Waals surface area contributed by atoms with E-state index in [4.69, 9.17) is 0 Å². The molecular formula is C19H23FN4O2S2. The van der Waals surface area contributed by atoms with Crippen molar-refractivity contribution in [3.63, 3.8) is 0 Å². The summed E-state index contributed by atoms with van der Waals surface area (Å²) in [5, 5.41) is 12.0. The predicted octanol–water partition coefficient (Wildman–Crippen LogP) is 4.06. The first-order valence-corrected chi connectivity index (χ1v) is 11.0. The van der Waals surface area contributed by atoms with E-state index in [0.717, 1.165) is 10.8 Å². The Bertz CT molecular complexity index is 837. The Hall–Kier alpha value is -2.00. The van der Waals surface area contributed by atoms with Gasteiger partial charge in [0.2, 0.25) is 11.0 Å². The quantitative estimate of drug-likeness (QED) is 0.561. The summed E-state index contributed by atoms with van der Waals surface area (Å²) in [4.78, 5) is 26.7. The molecule has 1 N–H and O–H groups in total. The lowest BCUT2D eigenvalue weighted by Crippen LogP contribution is -2.41. The molecule has 1 aromatic carbocycles. The molecule has 2 heterocycles. The minimum atomic E-state index is -0.428. The number of rotatable bonds is 6. The first kappa shape index (κ1) is 20.7. The van der Waals surface area contributed by atoms with E-state index in [-0.39, 0.29) is 17.7 Å².